The summed E-state index contributed by atoms with van der Waals surface area (Å²) in [5.41, 5.74) is 2.79. The zero-order valence-corrected chi connectivity index (χ0v) is 8.34. The molecule has 0 bridgehead atoms. The van der Waals surface area contributed by atoms with E-state index in [0.29, 0.717) is 5.88 Å². The number of halogens is 1. The summed E-state index contributed by atoms with van der Waals surface area (Å²) in [6.45, 7) is 1.98. The number of hydrogen-bond acceptors (Lipinski definition) is 2. The third-order valence-corrected chi connectivity index (χ3v) is 2.34. The molecule has 0 aliphatic heterocycles. The summed E-state index contributed by atoms with van der Waals surface area (Å²) in [5.74, 6) is 0.445. The third-order valence-electron chi connectivity index (χ3n) is 2.07. The van der Waals surface area contributed by atoms with Gasteiger partial charge >= 0.3 is 0 Å². The summed E-state index contributed by atoms with van der Waals surface area (Å²) >= 11 is 5.69. The van der Waals surface area contributed by atoms with Gasteiger partial charge < -0.3 is 0 Å². The van der Waals surface area contributed by atoms with Gasteiger partial charge in [0.2, 0.25) is 0 Å². The average molecular weight is 196 g/mol. The summed E-state index contributed by atoms with van der Waals surface area (Å²) in [6.07, 6.45) is 0. The molecule has 2 aromatic heterocycles. The van der Waals surface area contributed by atoms with Crippen LogP contribution in [0.25, 0.3) is 11.0 Å². The van der Waals surface area contributed by atoms with Crippen molar-refractivity contribution in [3.8, 4) is 0 Å². The topological polar surface area (TPSA) is 30.7 Å². The molecule has 0 amide bonds. The Morgan fingerprint density at radius 1 is 1.46 bits per heavy atom. The standard InChI is InChI=1S/C9H10ClN3/c1-6-8-4-3-7(5-10)11-9(8)13(2)12-6/h3-4H,5H2,1-2H3. The van der Waals surface area contributed by atoms with E-state index in [9.17, 15) is 0 Å². The first-order valence-electron chi connectivity index (χ1n) is 4.07. The van der Waals surface area contributed by atoms with Gasteiger partial charge in [0.05, 0.1) is 17.3 Å². The third kappa shape index (κ3) is 1.29. The van der Waals surface area contributed by atoms with E-state index in [1.165, 1.54) is 0 Å². The zero-order valence-electron chi connectivity index (χ0n) is 7.58. The molecule has 0 aromatic carbocycles. The number of aryl methyl sites for hydroxylation is 2. The van der Waals surface area contributed by atoms with Gasteiger partial charge in [-0.05, 0) is 19.1 Å². The predicted octanol–water partition coefficient (Wildman–Crippen LogP) is 2.02. The maximum Gasteiger partial charge on any atom is 0.158 e. The molecule has 0 atom stereocenters. The molecule has 0 aliphatic carbocycles. The normalized spacial score (nSPS) is 11.0. The van der Waals surface area contributed by atoms with Gasteiger partial charge in [-0.15, -0.1) is 11.6 Å². The SMILES string of the molecule is Cc1nn(C)c2nc(CCl)ccc12. The van der Waals surface area contributed by atoms with Gasteiger partial charge in [0, 0.05) is 12.4 Å². The lowest BCUT2D eigenvalue weighted by molar-refractivity contribution is 0.772. The van der Waals surface area contributed by atoms with Crippen LogP contribution in [-0.2, 0) is 12.9 Å². The molecule has 0 spiro atoms. The highest BCUT2D eigenvalue weighted by Gasteiger charge is 2.05. The summed E-state index contributed by atoms with van der Waals surface area (Å²) in [5, 5.41) is 5.37. The van der Waals surface area contributed by atoms with Crippen LogP contribution in [0, 0.1) is 6.92 Å². The molecule has 2 aromatic rings. The van der Waals surface area contributed by atoms with Crippen LogP contribution >= 0.6 is 11.6 Å². The largest absolute Gasteiger partial charge is 0.250 e. The van der Waals surface area contributed by atoms with Crippen LogP contribution in [0.3, 0.4) is 0 Å². The molecule has 4 heteroatoms. The van der Waals surface area contributed by atoms with E-state index in [1.54, 1.807) is 4.68 Å². The molecule has 0 aliphatic rings. The van der Waals surface area contributed by atoms with E-state index in [1.807, 2.05) is 26.1 Å². The molecule has 0 fully saturated rings. The fourth-order valence-electron chi connectivity index (χ4n) is 1.42. The Labute approximate surface area is 81.3 Å². The Kier molecular flexibility index (Phi) is 1.96. The molecule has 0 unspecified atom stereocenters. The van der Waals surface area contributed by atoms with E-state index in [2.05, 4.69) is 10.1 Å². The van der Waals surface area contributed by atoms with Crippen LogP contribution in [0.1, 0.15) is 11.4 Å². The van der Waals surface area contributed by atoms with Crippen molar-refractivity contribution in [3.05, 3.63) is 23.5 Å². The van der Waals surface area contributed by atoms with E-state index < -0.39 is 0 Å². The van der Waals surface area contributed by atoms with Crippen molar-refractivity contribution in [2.45, 2.75) is 12.8 Å². The van der Waals surface area contributed by atoms with Crippen molar-refractivity contribution in [1.82, 2.24) is 14.8 Å². The monoisotopic (exact) mass is 195 g/mol. The quantitative estimate of drug-likeness (QED) is 0.652. The molecule has 13 heavy (non-hydrogen) atoms. The lowest BCUT2D eigenvalue weighted by Crippen LogP contribution is -1.93. The molecule has 2 rings (SSSR count). The van der Waals surface area contributed by atoms with E-state index in [-0.39, 0.29) is 0 Å². The number of fused-ring (bicyclic) bond motifs is 1. The van der Waals surface area contributed by atoms with Crippen LogP contribution < -0.4 is 0 Å². The fraction of sp³-hybridized carbons (Fsp3) is 0.333. The van der Waals surface area contributed by atoms with Crippen molar-refractivity contribution in [2.75, 3.05) is 0 Å². The van der Waals surface area contributed by atoms with Gasteiger partial charge in [0.15, 0.2) is 5.65 Å². The Morgan fingerprint density at radius 2 is 2.23 bits per heavy atom. The van der Waals surface area contributed by atoms with Gasteiger partial charge in [-0.25, -0.2) is 4.98 Å². The molecule has 0 N–H and O–H groups in total. The lowest BCUT2D eigenvalue weighted by atomic mass is 10.2. The second-order valence-corrected chi connectivity index (χ2v) is 3.28. The van der Waals surface area contributed by atoms with Crippen LogP contribution in [0.15, 0.2) is 12.1 Å². The minimum absolute atomic E-state index is 0.445. The van der Waals surface area contributed by atoms with Crippen molar-refractivity contribution in [3.63, 3.8) is 0 Å². The Hall–Kier alpha value is -1.09. The highest BCUT2D eigenvalue weighted by Crippen LogP contribution is 2.16. The van der Waals surface area contributed by atoms with Gasteiger partial charge in [-0.3, -0.25) is 4.68 Å². The molecule has 3 nitrogen and oxygen atoms in total. The number of rotatable bonds is 1. The molecule has 68 valence electrons. The molecular weight excluding hydrogens is 186 g/mol. The van der Waals surface area contributed by atoms with Crippen molar-refractivity contribution in [1.29, 1.82) is 0 Å². The van der Waals surface area contributed by atoms with Gasteiger partial charge in [0.1, 0.15) is 0 Å². The minimum Gasteiger partial charge on any atom is -0.250 e. The fourth-order valence-corrected chi connectivity index (χ4v) is 1.57. The minimum atomic E-state index is 0.445. The second-order valence-electron chi connectivity index (χ2n) is 3.02. The molecule has 0 radical (unpaired) electrons. The van der Waals surface area contributed by atoms with E-state index in [0.717, 1.165) is 22.4 Å². The second kappa shape index (κ2) is 3.00. The highest BCUT2D eigenvalue weighted by molar-refractivity contribution is 6.16. The van der Waals surface area contributed by atoms with Crippen LogP contribution in [0.5, 0.6) is 0 Å². The average Bonchev–Trinajstić information content (AvgIpc) is 2.42. The highest BCUT2D eigenvalue weighted by atomic mass is 35.5. The summed E-state index contributed by atoms with van der Waals surface area (Å²) in [6, 6.07) is 3.95. The summed E-state index contributed by atoms with van der Waals surface area (Å²) in [7, 11) is 1.89. The number of alkyl halides is 1. The maximum atomic E-state index is 5.69. The Balaban J connectivity index is 2.76. The van der Waals surface area contributed by atoms with Crippen molar-refractivity contribution >= 4 is 22.6 Å². The van der Waals surface area contributed by atoms with Crippen LogP contribution in [0.2, 0.25) is 0 Å². The predicted molar refractivity (Wildman–Crippen MR) is 52.8 cm³/mol. The van der Waals surface area contributed by atoms with Crippen LogP contribution in [0.4, 0.5) is 0 Å². The number of aromatic nitrogens is 3. The van der Waals surface area contributed by atoms with Crippen molar-refractivity contribution in [2.24, 2.45) is 7.05 Å². The van der Waals surface area contributed by atoms with Gasteiger partial charge in [-0.1, -0.05) is 0 Å². The first-order valence-corrected chi connectivity index (χ1v) is 4.61. The summed E-state index contributed by atoms with van der Waals surface area (Å²) < 4.78 is 1.78. The van der Waals surface area contributed by atoms with E-state index in [4.69, 9.17) is 11.6 Å². The molecule has 0 saturated heterocycles. The zero-order chi connectivity index (χ0) is 9.42. The Morgan fingerprint density at radius 3 is 2.92 bits per heavy atom. The molecule has 2 heterocycles. The Bertz CT molecular complexity index is 447. The summed E-state index contributed by atoms with van der Waals surface area (Å²) in [4.78, 5) is 4.38. The maximum absolute atomic E-state index is 5.69. The molecule has 0 saturated carbocycles. The van der Waals surface area contributed by atoms with Crippen molar-refractivity contribution < 1.29 is 0 Å². The molecular formula is C9H10ClN3. The lowest BCUT2D eigenvalue weighted by Gasteiger charge is -1.96. The number of nitrogens with zero attached hydrogens (tertiary/aromatic N) is 3. The van der Waals surface area contributed by atoms with Gasteiger partial charge in [0.25, 0.3) is 0 Å². The first kappa shape index (κ1) is 8.51. The first-order chi connectivity index (χ1) is 6.22. The van der Waals surface area contributed by atoms with Crippen LogP contribution in [-0.4, -0.2) is 14.8 Å². The van der Waals surface area contributed by atoms with Gasteiger partial charge in [-0.2, -0.15) is 5.10 Å². The smallest absolute Gasteiger partial charge is 0.158 e. The number of hydrogen-bond donors (Lipinski definition) is 0. The number of pyridine rings is 1. The van der Waals surface area contributed by atoms with E-state index >= 15 is 0 Å².